The molecule has 0 unspecified atom stereocenters. The molecule has 28 heavy (non-hydrogen) atoms. The fourth-order valence-electron chi connectivity index (χ4n) is 3.44. The largest absolute Gasteiger partial charge is 0.481 e. The maximum absolute atomic E-state index is 13.6. The maximum atomic E-state index is 13.6. The van der Waals surface area contributed by atoms with Crippen LogP contribution in [0.2, 0.25) is 0 Å². The van der Waals surface area contributed by atoms with Crippen molar-refractivity contribution in [1.29, 1.82) is 0 Å². The summed E-state index contributed by atoms with van der Waals surface area (Å²) in [6, 6.07) is 19.2. The quantitative estimate of drug-likeness (QED) is 0.521. The van der Waals surface area contributed by atoms with Crippen LogP contribution in [-0.4, -0.2) is 21.6 Å². The molecule has 0 aliphatic rings. The second-order valence-corrected chi connectivity index (χ2v) is 6.54. The Bertz CT molecular complexity index is 1180. The van der Waals surface area contributed by atoms with Crippen LogP contribution in [0.1, 0.15) is 19.2 Å². The Morgan fingerprint density at radius 3 is 2.61 bits per heavy atom. The van der Waals surface area contributed by atoms with Gasteiger partial charge in [-0.1, -0.05) is 37.3 Å². The van der Waals surface area contributed by atoms with Gasteiger partial charge in [0.05, 0.1) is 23.7 Å². The Morgan fingerprint density at radius 2 is 1.86 bits per heavy atom. The first-order valence-electron chi connectivity index (χ1n) is 9.33. The molecule has 0 atom stereocenters. The number of benzene rings is 2. The van der Waals surface area contributed by atoms with E-state index in [4.69, 9.17) is 9.72 Å². The second kappa shape index (κ2) is 7.64. The van der Waals surface area contributed by atoms with E-state index in [1.807, 2.05) is 60.7 Å². The average molecular weight is 371 g/mol. The Morgan fingerprint density at radius 1 is 1.04 bits per heavy atom. The number of pyridine rings is 1. The third-order valence-corrected chi connectivity index (χ3v) is 4.71. The van der Waals surface area contributed by atoms with Crippen molar-refractivity contribution in [1.82, 2.24) is 14.5 Å². The average Bonchev–Trinajstić information content (AvgIpc) is 2.74. The summed E-state index contributed by atoms with van der Waals surface area (Å²) >= 11 is 0. The highest BCUT2D eigenvalue weighted by molar-refractivity contribution is 5.94. The number of rotatable bonds is 5. The number of aromatic nitrogens is 3. The molecule has 2 heterocycles. The molecule has 0 aliphatic carbocycles. The number of hydrogen-bond acceptors (Lipinski definition) is 4. The lowest BCUT2D eigenvalue weighted by Crippen LogP contribution is -2.24. The zero-order chi connectivity index (χ0) is 19.5. The Labute approximate surface area is 163 Å². The van der Waals surface area contributed by atoms with Crippen LogP contribution in [0.3, 0.4) is 0 Å². The van der Waals surface area contributed by atoms with Gasteiger partial charge in [-0.05, 0) is 41.8 Å². The van der Waals surface area contributed by atoms with Gasteiger partial charge in [0, 0.05) is 18.7 Å². The minimum absolute atomic E-state index is 0.0639. The van der Waals surface area contributed by atoms with Crippen LogP contribution < -0.4 is 10.3 Å². The molecule has 2 aromatic heterocycles. The lowest BCUT2D eigenvalue weighted by Gasteiger charge is -2.15. The highest BCUT2D eigenvalue weighted by atomic mass is 16.5. The van der Waals surface area contributed by atoms with Gasteiger partial charge in [-0.2, -0.15) is 0 Å². The molecule has 0 N–H and O–H groups in total. The van der Waals surface area contributed by atoms with Gasteiger partial charge >= 0.3 is 0 Å². The molecule has 140 valence electrons. The molecule has 5 heteroatoms. The van der Waals surface area contributed by atoms with E-state index in [1.54, 1.807) is 17.9 Å². The predicted octanol–water partition coefficient (Wildman–Crippen LogP) is 4.41. The Balaban J connectivity index is 2.06. The van der Waals surface area contributed by atoms with Crippen molar-refractivity contribution >= 4 is 10.9 Å². The van der Waals surface area contributed by atoms with Gasteiger partial charge in [0.2, 0.25) is 5.88 Å². The molecule has 5 nitrogen and oxygen atoms in total. The van der Waals surface area contributed by atoms with Gasteiger partial charge in [0.15, 0.2) is 0 Å². The van der Waals surface area contributed by atoms with E-state index in [0.29, 0.717) is 16.8 Å². The molecule has 0 amide bonds. The first kappa shape index (κ1) is 17.9. The van der Waals surface area contributed by atoms with Gasteiger partial charge in [0.1, 0.15) is 5.82 Å². The predicted molar refractivity (Wildman–Crippen MR) is 111 cm³/mol. The maximum Gasteiger partial charge on any atom is 0.266 e. The van der Waals surface area contributed by atoms with E-state index in [0.717, 1.165) is 35.5 Å². The molecule has 4 rings (SSSR count). The van der Waals surface area contributed by atoms with E-state index < -0.39 is 0 Å². The van der Waals surface area contributed by atoms with Crippen molar-refractivity contribution in [2.24, 2.45) is 0 Å². The van der Waals surface area contributed by atoms with E-state index in [-0.39, 0.29) is 5.56 Å². The van der Waals surface area contributed by atoms with Crippen LogP contribution in [-0.2, 0) is 6.42 Å². The lowest BCUT2D eigenvalue weighted by atomic mass is 10.0. The zero-order valence-electron chi connectivity index (χ0n) is 15.9. The molecule has 0 bridgehead atoms. The number of hydrogen-bond donors (Lipinski definition) is 0. The van der Waals surface area contributed by atoms with Crippen molar-refractivity contribution in [2.75, 3.05) is 7.11 Å². The van der Waals surface area contributed by atoms with Crippen LogP contribution in [0.15, 0.2) is 71.7 Å². The molecule has 2 aromatic carbocycles. The number of nitrogens with zero attached hydrogens (tertiary/aromatic N) is 3. The molecule has 0 saturated heterocycles. The van der Waals surface area contributed by atoms with E-state index in [1.165, 1.54) is 0 Å². The van der Waals surface area contributed by atoms with Gasteiger partial charge in [-0.25, -0.2) is 9.97 Å². The summed E-state index contributed by atoms with van der Waals surface area (Å²) in [6.07, 6.45) is 3.32. The molecule has 0 radical (unpaired) electrons. The van der Waals surface area contributed by atoms with Crippen molar-refractivity contribution < 1.29 is 4.74 Å². The second-order valence-electron chi connectivity index (χ2n) is 6.54. The Kier molecular flexibility index (Phi) is 4.89. The summed E-state index contributed by atoms with van der Waals surface area (Å²) in [5.74, 6) is 1.28. The summed E-state index contributed by atoms with van der Waals surface area (Å²) < 4.78 is 6.98. The lowest BCUT2D eigenvalue weighted by molar-refractivity contribution is 0.398. The minimum Gasteiger partial charge on any atom is -0.481 e. The van der Waals surface area contributed by atoms with Crippen LogP contribution in [0.25, 0.3) is 27.7 Å². The first-order chi connectivity index (χ1) is 13.7. The monoisotopic (exact) mass is 371 g/mol. The molecular formula is C23H21N3O2. The highest BCUT2D eigenvalue weighted by Crippen LogP contribution is 2.28. The molecular weight excluding hydrogens is 350 g/mol. The van der Waals surface area contributed by atoms with Crippen LogP contribution in [0, 0.1) is 0 Å². The van der Waals surface area contributed by atoms with Crippen LogP contribution in [0.4, 0.5) is 0 Å². The first-order valence-corrected chi connectivity index (χ1v) is 9.33. The van der Waals surface area contributed by atoms with Crippen LogP contribution >= 0.6 is 0 Å². The summed E-state index contributed by atoms with van der Waals surface area (Å²) in [5, 5.41) is 0.597. The summed E-state index contributed by atoms with van der Waals surface area (Å²) in [5.41, 5.74) is 3.16. The van der Waals surface area contributed by atoms with Gasteiger partial charge < -0.3 is 4.74 Å². The zero-order valence-corrected chi connectivity index (χ0v) is 15.9. The summed E-state index contributed by atoms with van der Waals surface area (Å²) in [6.45, 7) is 2.09. The van der Waals surface area contributed by atoms with Gasteiger partial charge in [-0.3, -0.25) is 9.36 Å². The van der Waals surface area contributed by atoms with Crippen molar-refractivity contribution in [3.05, 3.63) is 83.0 Å². The standard InChI is InChI=1S/C23H21N3O2/c1-3-8-20-25-19-12-7-11-18(16-13-14-24-21(15-16)28-2)22(19)23(27)26(20)17-9-5-4-6-10-17/h4-7,9-15H,3,8H2,1-2H3. The molecule has 0 aliphatic heterocycles. The number of fused-ring (bicyclic) bond motifs is 1. The number of methoxy groups -OCH3 is 1. The van der Waals surface area contributed by atoms with Crippen LogP contribution in [0.5, 0.6) is 5.88 Å². The number of para-hydroxylation sites is 1. The molecule has 0 fully saturated rings. The highest BCUT2D eigenvalue weighted by Gasteiger charge is 2.16. The number of aryl methyl sites for hydroxylation is 1. The van der Waals surface area contributed by atoms with Gasteiger partial charge in [0.25, 0.3) is 5.56 Å². The molecule has 0 saturated carbocycles. The third-order valence-electron chi connectivity index (χ3n) is 4.71. The van der Waals surface area contributed by atoms with Gasteiger partial charge in [-0.15, -0.1) is 0 Å². The molecule has 0 spiro atoms. The number of ether oxygens (including phenoxy) is 1. The SMILES string of the molecule is CCCc1nc2cccc(-c3ccnc(OC)c3)c2c(=O)n1-c1ccccc1. The van der Waals surface area contributed by atoms with E-state index >= 15 is 0 Å². The normalized spacial score (nSPS) is 10.9. The summed E-state index contributed by atoms with van der Waals surface area (Å²) in [4.78, 5) is 22.7. The van der Waals surface area contributed by atoms with Crippen molar-refractivity contribution in [2.45, 2.75) is 19.8 Å². The molecule has 4 aromatic rings. The summed E-state index contributed by atoms with van der Waals surface area (Å²) in [7, 11) is 1.58. The van der Waals surface area contributed by atoms with E-state index in [2.05, 4.69) is 11.9 Å². The third kappa shape index (κ3) is 3.16. The fourth-order valence-corrected chi connectivity index (χ4v) is 3.44. The minimum atomic E-state index is -0.0639. The topological polar surface area (TPSA) is 57.0 Å². The smallest absolute Gasteiger partial charge is 0.266 e. The van der Waals surface area contributed by atoms with Crippen molar-refractivity contribution in [3.63, 3.8) is 0 Å². The fraction of sp³-hybridized carbons (Fsp3) is 0.174. The van der Waals surface area contributed by atoms with E-state index in [9.17, 15) is 4.79 Å². The van der Waals surface area contributed by atoms with Crippen molar-refractivity contribution in [3.8, 4) is 22.7 Å². The Hall–Kier alpha value is -3.47.